The van der Waals surface area contributed by atoms with Gasteiger partial charge in [-0.3, -0.25) is 4.79 Å². The molecule has 0 saturated heterocycles. The number of hydrogen-bond donors (Lipinski definition) is 1. The minimum Gasteiger partial charge on any atom is -0.381 e. The fraction of sp³-hybridized carbons (Fsp3) is 0.562. The van der Waals surface area contributed by atoms with Crippen LogP contribution in [-0.2, 0) is 28.8 Å². The van der Waals surface area contributed by atoms with Crippen molar-refractivity contribution in [2.45, 2.75) is 38.7 Å². The van der Waals surface area contributed by atoms with Crippen LogP contribution in [0, 0.1) is 0 Å². The predicted molar refractivity (Wildman–Crippen MR) is 85.1 cm³/mol. The first-order valence-corrected chi connectivity index (χ1v) is 8.28. The van der Waals surface area contributed by atoms with Crippen molar-refractivity contribution in [2.24, 2.45) is 0 Å². The number of halogens is 3. The number of amides is 1. The molecule has 1 aliphatic rings. The van der Waals surface area contributed by atoms with Crippen LogP contribution in [0.25, 0.3) is 11.2 Å². The molecule has 142 valence electrons. The standard InChI is InChI=1S/C16H19F3N4O3/c1-2-5-26-9-12(24)15(25)22-3-4-23-10(8-22)6-11-14(23)20-7-13(21-11)16(17,18)19/h6-7,12,24H,2-5,8-9H2,1H3/t12-/m0/s1. The molecule has 1 N–H and O–H groups in total. The highest BCUT2D eigenvalue weighted by Gasteiger charge is 2.34. The lowest BCUT2D eigenvalue weighted by Gasteiger charge is -2.30. The molecule has 2 aromatic rings. The van der Waals surface area contributed by atoms with E-state index >= 15 is 0 Å². The highest BCUT2D eigenvalue weighted by molar-refractivity contribution is 5.81. The van der Waals surface area contributed by atoms with Gasteiger partial charge >= 0.3 is 6.18 Å². The van der Waals surface area contributed by atoms with Gasteiger partial charge in [0.2, 0.25) is 0 Å². The lowest BCUT2D eigenvalue weighted by Crippen LogP contribution is -2.45. The van der Waals surface area contributed by atoms with Crippen molar-refractivity contribution in [3.8, 4) is 0 Å². The van der Waals surface area contributed by atoms with Crippen LogP contribution in [0.15, 0.2) is 12.3 Å². The van der Waals surface area contributed by atoms with E-state index in [9.17, 15) is 23.1 Å². The number of rotatable bonds is 5. The van der Waals surface area contributed by atoms with Gasteiger partial charge in [0.25, 0.3) is 5.91 Å². The summed E-state index contributed by atoms with van der Waals surface area (Å²) in [6.45, 7) is 3.16. The van der Waals surface area contributed by atoms with Crippen LogP contribution >= 0.6 is 0 Å². The van der Waals surface area contributed by atoms with Crippen LogP contribution in [0.5, 0.6) is 0 Å². The highest BCUT2D eigenvalue weighted by atomic mass is 19.4. The van der Waals surface area contributed by atoms with E-state index < -0.39 is 23.9 Å². The van der Waals surface area contributed by atoms with Crippen molar-refractivity contribution in [2.75, 3.05) is 19.8 Å². The summed E-state index contributed by atoms with van der Waals surface area (Å²) in [5, 5.41) is 9.94. The van der Waals surface area contributed by atoms with Crippen molar-refractivity contribution in [3.05, 3.63) is 23.7 Å². The normalized spacial score (nSPS) is 16.0. The zero-order valence-electron chi connectivity index (χ0n) is 14.2. The smallest absolute Gasteiger partial charge is 0.381 e. The molecule has 2 aromatic heterocycles. The molecule has 0 spiro atoms. The van der Waals surface area contributed by atoms with Gasteiger partial charge in [-0.15, -0.1) is 0 Å². The number of fused-ring (bicyclic) bond motifs is 3. The van der Waals surface area contributed by atoms with Gasteiger partial charge in [-0.05, 0) is 12.5 Å². The average molecular weight is 372 g/mol. The molecule has 1 amide bonds. The largest absolute Gasteiger partial charge is 0.434 e. The molecule has 0 unspecified atom stereocenters. The highest BCUT2D eigenvalue weighted by Crippen LogP contribution is 2.29. The van der Waals surface area contributed by atoms with Crippen LogP contribution in [-0.4, -0.2) is 56.3 Å². The number of aromatic nitrogens is 3. The maximum Gasteiger partial charge on any atom is 0.434 e. The van der Waals surface area contributed by atoms with Crippen LogP contribution in [0.1, 0.15) is 24.7 Å². The van der Waals surface area contributed by atoms with Gasteiger partial charge in [0.05, 0.1) is 19.3 Å². The minimum absolute atomic E-state index is 0.0792. The number of nitrogens with zero attached hydrogens (tertiary/aromatic N) is 4. The second-order valence-electron chi connectivity index (χ2n) is 6.10. The second-order valence-corrected chi connectivity index (χ2v) is 6.10. The lowest BCUT2D eigenvalue weighted by atomic mass is 10.2. The summed E-state index contributed by atoms with van der Waals surface area (Å²) in [6, 6.07) is 1.50. The summed E-state index contributed by atoms with van der Waals surface area (Å²) in [5.41, 5.74) is 0.0628. The van der Waals surface area contributed by atoms with E-state index in [1.165, 1.54) is 11.0 Å². The third-order valence-electron chi connectivity index (χ3n) is 4.14. The van der Waals surface area contributed by atoms with Crippen molar-refractivity contribution < 1.29 is 27.8 Å². The predicted octanol–water partition coefficient (Wildman–Crippen LogP) is 1.58. The molecular formula is C16H19F3N4O3. The number of ether oxygens (including phenoxy) is 1. The van der Waals surface area contributed by atoms with E-state index in [0.717, 1.165) is 6.42 Å². The molecule has 1 atom stereocenters. The first-order valence-electron chi connectivity index (χ1n) is 8.28. The van der Waals surface area contributed by atoms with Crippen molar-refractivity contribution >= 4 is 17.1 Å². The van der Waals surface area contributed by atoms with Gasteiger partial charge < -0.3 is 19.3 Å². The van der Waals surface area contributed by atoms with Gasteiger partial charge in [-0.1, -0.05) is 6.92 Å². The number of carbonyl (C=O) groups excluding carboxylic acids is 1. The summed E-state index contributed by atoms with van der Waals surface area (Å²) < 4.78 is 45.3. The summed E-state index contributed by atoms with van der Waals surface area (Å²) in [4.78, 5) is 21.3. The summed E-state index contributed by atoms with van der Waals surface area (Å²) >= 11 is 0. The van der Waals surface area contributed by atoms with Crippen LogP contribution in [0.2, 0.25) is 0 Å². The van der Waals surface area contributed by atoms with E-state index in [1.807, 2.05) is 6.92 Å². The van der Waals surface area contributed by atoms with E-state index in [-0.39, 0.29) is 18.7 Å². The van der Waals surface area contributed by atoms with Gasteiger partial charge in [-0.25, -0.2) is 9.97 Å². The molecule has 0 aliphatic carbocycles. The zero-order chi connectivity index (χ0) is 18.9. The Morgan fingerprint density at radius 3 is 2.88 bits per heavy atom. The first kappa shape index (κ1) is 18.6. The summed E-state index contributed by atoms with van der Waals surface area (Å²) in [6.07, 6.45) is -4.33. The molecule has 0 saturated carbocycles. The molecule has 3 rings (SSSR count). The van der Waals surface area contributed by atoms with Crippen molar-refractivity contribution in [1.82, 2.24) is 19.4 Å². The Balaban J connectivity index is 1.77. The maximum absolute atomic E-state index is 12.8. The number of aliphatic hydroxyl groups is 1. The molecule has 7 nitrogen and oxygen atoms in total. The Hall–Kier alpha value is -2.20. The fourth-order valence-corrected chi connectivity index (χ4v) is 2.90. The number of hydrogen-bond acceptors (Lipinski definition) is 5. The molecular weight excluding hydrogens is 353 g/mol. The maximum atomic E-state index is 12.8. The second kappa shape index (κ2) is 7.20. The molecule has 0 fully saturated rings. The van der Waals surface area contributed by atoms with E-state index in [0.29, 0.717) is 37.2 Å². The Morgan fingerprint density at radius 1 is 1.42 bits per heavy atom. The van der Waals surface area contributed by atoms with Crippen LogP contribution in [0.3, 0.4) is 0 Å². The van der Waals surface area contributed by atoms with Crippen LogP contribution in [0.4, 0.5) is 13.2 Å². The molecule has 0 aromatic carbocycles. The van der Waals surface area contributed by atoms with Crippen molar-refractivity contribution in [3.63, 3.8) is 0 Å². The number of aliphatic hydroxyl groups excluding tert-OH is 1. The molecule has 0 bridgehead atoms. The first-order chi connectivity index (χ1) is 12.3. The monoisotopic (exact) mass is 372 g/mol. The Kier molecular flexibility index (Phi) is 5.15. The number of carbonyl (C=O) groups is 1. The van der Waals surface area contributed by atoms with E-state index in [4.69, 9.17) is 4.74 Å². The fourth-order valence-electron chi connectivity index (χ4n) is 2.90. The van der Waals surface area contributed by atoms with E-state index in [1.54, 1.807) is 4.57 Å². The van der Waals surface area contributed by atoms with Gasteiger partial charge in [0, 0.05) is 25.4 Å². The van der Waals surface area contributed by atoms with Gasteiger partial charge in [0.1, 0.15) is 5.52 Å². The third kappa shape index (κ3) is 3.65. The summed E-state index contributed by atoms with van der Waals surface area (Å²) in [5.74, 6) is -0.463. The van der Waals surface area contributed by atoms with E-state index in [2.05, 4.69) is 9.97 Å². The lowest BCUT2D eigenvalue weighted by molar-refractivity contribution is -0.145. The minimum atomic E-state index is -4.56. The van der Waals surface area contributed by atoms with Gasteiger partial charge in [-0.2, -0.15) is 13.2 Å². The topological polar surface area (TPSA) is 80.5 Å². The molecule has 1 aliphatic heterocycles. The molecule has 0 radical (unpaired) electrons. The Bertz CT molecular complexity index is 806. The van der Waals surface area contributed by atoms with Gasteiger partial charge in [0.15, 0.2) is 17.4 Å². The Labute approximate surface area is 147 Å². The molecule has 3 heterocycles. The molecule has 10 heteroatoms. The van der Waals surface area contributed by atoms with Crippen molar-refractivity contribution in [1.29, 1.82) is 0 Å². The Morgan fingerprint density at radius 2 is 2.19 bits per heavy atom. The average Bonchev–Trinajstić information content (AvgIpc) is 2.97. The zero-order valence-corrected chi connectivity index (χ0v) is 14.2. The molecule has 26 heavy (non-hydrogen) atoms. The third-order valence-corrected chi connectivity index (χ3v) is 4.14. The SMILES string of the molecule is CCCOC[C@H](O)C(=O)N1CCn2c(cc3nc(C(F)(F)F)cnc32)C1. The van der Waals surface area contributed by atoms with Crippen LogP contribution < -0.4 is 0 Å². The summed E-state index contributed by atoms with van der Waals surface area (Å²) in [7, 11) is 0. The number of alkyl halides is 3. The quantitative estimate of drug-likeness (QED) is 0.806.